The molecule has 0 spiro atoms. The fourth-order valence-corrected chi connectivity index (χ4v) is 16.7. The normalized spacial score (nSPS) is 12.6. The Hall–Kier alpha value is -11.0. The molecule has 0 unspecified atom stereocenters. The van der Waals surface area contributed by atoms with E-state index in [9.17, 15) is 0 Å². The van der Waals surface area contributed by atoms with Gasteiger partial charge >= 0.3 is 0 Å². The van der Waals surface area contributed by atoms with E-state index < -0.39 is 0 Å². The zero-order valence-electron chi connectivity index (χ0n) is 48.0. The van der Waals surface area contributed by atoms with Gasteiger partial charge in [0.1, 0.15) is 0 Å². The second-order valence-corrected chi connectivity index (χ2v) is 25.6. The fraction of sp³-hybridized carbons (Fsp3) is 0.0247. The summed E-state index contributed by atoms with van der Waals surface area (Å²) >= 11 is 3.70. The van der Waals surface area contributed by atoms with Crippen LogP contribution in [-0.2, 0) is 6.42 Å². The molecule has 0 bridgehead atoms. The minimum absolute atomic E-state index is 0.602. The minimum atomic E-state index is 0.602. The van der Waals surface area contributed by atoms with Crippen molar-refractivity contribution in [2.45, 2.75) is 12.8 Å². The molecule has 1 aliphatic rings. The Morgan fingerprint density at radius 3 is 1.25 bits per heavy atom. The molecular formula is C81H50N6S2. The summed E-state index contributed by atoms with van der Waals surface area (Å²) in [6, 6.07) is 97.8. The van der Waals surface area contributed by atoms with E-state index in [0.29, 0.717) is 17.5 Å². The summed E-state index contributed by atoms with van der Waals surface area (Å²) in [5.74, 6) is 1.87. The maximum atomic E-state index is 5.56. The summed E-state index contributed by atoms with van der Waals surface area (Å²) < 4.78 is 11.1. The number of allylic oxidation sites excluding steroid dienone is 1. The highest BCUT2D eigenvalue weighted by Gasteiger charge is 2.26. The first-order valence-corrected chi connectivity index (χ1v) is 32.0. The van der Waals surface area contributed by atoms with E-state index in [-0.39, 0.29) is 0 Å². The molecule has 6 aromatic heterocycles. The maximum Gasteiger partial charge on any atom is 0.164 e. The van der Waals surface area contributed by atoms with Crippen molar-refractivity contribution >= 4 is 124 Å². The smallest absolute Gasteiger partial charge is 0.164 e. The molecule has 19 rings (SSSR count). The lowest BCUT2D eigenvalue weighted by atomic mass is 9.92. The van der Waals surface area contributed by atoms with Crippen LogP contribution in [0.1, 0.15) is 16.9 Å². The number of aromatic nitrogens is 6. The summed E-state index contributed by atoms with van der Waals surface area (Å²) in [7, 11) is 0. The van der Waals surface area contributed by atoms with Crippen LogP contribution in [0, 0.1) is 0 Å². The van der Waals surface area contributed by atoms with Gasteiger partial charge in [-0.3, -0.25) is 0 Å². The van der Waals surface area contributed by atoms with Crippen molar-refractivity contribution in [2.75, 3.05) is 0 Å². The Kier molecular flexibility index (Phi) is 11.1. The zero-order valence-corrected chi connectivity index (χ0v) is 49.6. The van der Waals surface area contributed by atoms with Gasteiger partial charge < -0.3 is 13.7 Å². The van der Waals surface area contributed by atoms with Gasteiger partial charge in [0.2, 0.25) is 0 Å². The summed E-state index contributed by atoms with van der Waals surface area (Å²) in [5.41, 5.74) is 18.5. The van der Waals surface area contributed by atoms with Crippen LogP contribution >= 0.6 is 22.7 Å². The Morgan fingerprint density at radius 2 is 0.719 bits per heavy atom. The second-order valence-electron chi connectivity index (χ2n) is 23.3. The number of rotatable bonds is 8. The molecule has 0 fully saturated rings. The van der Waals surface area contributed by atoms with Gasteiger partial charge in [-0.05, 0) is 126 Å². The van der Waals surface area contributed by atoms with Crippen molar-refractivity contribution in [3.63, 3.8) is 0 Å². The van der Waals surface area contributed by atoms with E-state index in [1.54, 1.807) is 0 Å². The number of fused-ring (bicyclic) bond motifs is 15. The molecule has 0 aliphatic heterocycles. The summed E-state index contributed by atoms with van der Waals surface area (Å²) in [4.78, 5) is 18.0. The van der Waals surface area contributed by atoms with Gasteiger partial charge in [0.05, 0.1) is 38.8 Å². The molecule has 1 aliphatic carbocycles. The van der Waals surface area contributed by atoms with E-state index >= 15 is 0 Å². The first kappa shape index (κ1) is 50.2. The Morgan fingerprint density at radius 1 is 0.292 bits per heavy atom. The fourth-order valence-electron chi connectivity index (χ4n) is 14.3. The van der Waals surface area contributed by atoms with Crippen LogP contribution in [0.2, 0.25) is 0 Å². The van der Waals surface area contributed by atoms with Crippen LogP contribution in [-0.4, -0.2) is 28.7 Å². The van der Waals surface area contributed by atoms with Gasteiger partial charge in [0.25, 0.3) is 0 Å². The lowest BCUT2D eigenvalue weighted by Crippen LogP contribution is -2.04. The molecule has 8 heteroatoms. The Balaban J connectivity index is 0.889. The average Bonchev–Trinajstić information content (AvgIpc) is 1.68. The summed E-state index contributed by atoms with van der Waals surface area (Å²) in [6.07, 6.45) is 6.73. The van der Waals surface area contributed by atoms with Crippen LogP contribution in [0.3, 0.4) is 0 Å². The number of benzene rings is 12. The molecule has 416 valence electrons. The van der Waals surface area contributed by atoms with Crippen LogP contribution in [0.5, 0.6) is 0 Å². The number of thiophene rings is 2. The average molecular weight is 1170 g/mol. The van der Waals surface area contributed by atoms with Gasteiger partial charge in [0.15, 0.2) is 17.5 Å². The van der Waals surface area contributed by atoms with Gasteiger partial charge in [-0.15, -0.1) is 22.7 Å². The maximum absolute atomic E-state index is 5.56. The Labute approximate surface area is 519 Å². The third-order valence-electron chi connectivity index (χ3n) is 18.3. The molecule has 0 N–H and O–H groups in total. The van der Waals surface area contributed by atoms with Crippen LogP contribution in [0.15, 0.2) is 273 Å². The highest BCUT2D eigenvalue weighted by Crippen LogP contribution is 2.47. The molecule has 6 heterocycles. The number of aryl methyl sites for hydroxylation is 1. The molecule has 0 radical (unpaired) electrons. The summed E-state index contributed by atoms with van der Waals surface area (Å²) in [5, 5.41) is 11.0. The number of hydrogen-bond donors (Lipinski definition) is 0. The highest BCUT2D eigenvalue weighted by atomic mass is 32.1. The first-order chi connectivity index (χ1) is 44.1. The van der Waals surface area contributed by atoms with E-state index in [1.807, 2.05) is 22.7 Å². The lowest BCUT2D eigenvalue weighted by Gasteiger charge is -2.21. The molecule has 12 aromatic carbocycles. The lowest BCUT2D eigenvalue weighted by molar-refractivity contribution is 1.02. The van der Waals surface area contributed by atoms with Crippen LogP contribution < -0.4 is 0 Å². The number of para-hydroxylation sites is 4. The van der Waals surface area contributed by atoms with Gasteiger partial charge in [-0.2, -0.15) is 0 Å². The molecule has 18 aromatic rings. The third kappa shape index (κ3) is 7.84. The third-order valence-corrected chi connectivity index (χ3v) is 20.7. The van der Waals surface area contributed by atoms with Crippen molar-refractivity contribution in [1.29, 1.82) is 0 Å². The topological polar surface area (TPSA) is 53.5 Å². The van der Waals surface area contributed by atoms with Crippen molar-refractivity contribution in [2.24, 2.45) is 0 Å². The van der Waals surface area contributed by atoms with E-state index in [4.69, 9.17) is 15.0 Å². The number of hydrogen-bond acceptors (Lipinski definition) is 5. The monoisotopic (exact) mass is 1170 g/mol. The Bertz CT molecular complexity index is 5660. The first-order valence-electron chi connectivity index (χ1n) is 30.4. The molecule has 0 saturated carbocycles. The molecular weight excluding hydrogens is 1120 g/mol. The molecule has 0 amide bonds. The van der Waals surface area contributed by atoms with Crippen molar-refractivity contribution in [3.8, 4) is 73.5 Å². The predicted molar refractivity (Wildman–Crippen MR) is 376 cm³/mol. The van der Waals surface area contributed by atoms with Gasteiger partial charge in [0, 0.05) is 101 Å². The van der Waals surface area contributed by atoms with Gasteiger partial charge in [-0.1, -0.05) is 188 Å². The van der Waals surface area contributed by atoms with Crippen molar-refractivity contribution < 1.29 is 0 Å². The van der Waals surface area contributed by atoms with Crippen molar-refractivity contribution in [1.82, 2.24) is 28.7 Å². The molecule has 89 heavy (non-hydrogen) atoms. The highest BCUT2D eigenvalue weighted by molar-refractivity contribution is 7.25. The summed E-state index contributed by atoms with van der Waals surface area (Å²) in [6.45, 7) is 0. The van der Waals surface area contributed by atoms with Crippen LogP contribution in [0.25, 0.3) is 175 Å². The van der Waals surface area contributed by atoms with Crippen LogP contribution in [0.4, 0.5) is 0 Å². The van der Waals surface area contributed by atoms with E-state index in [2.05, 4.69) is 293 Å². The SMILES string of the molecule is C1=Cc2c(sc3cc(-c4nc(-c5cc(-c6ccccc6)c(-n6c7ccc(-n8c9ccccc9c9ccccc98)cc7c7cc(-n8c9ccccc9c9ccccc98)ccc76)c(-c6ccccc6)c5)nc(-c5ccc6c(c5)sc5ccccc56)n4)ccc23)CC1. The molecule has 0 atom stereocenters. The number of nitrogens with zero attached hydrogens (tertiary/aromatic N) is 6. The predicted octanol–water partition coefficient (Wildman–Crippen LogP) is 22.0. The quantitative estimate of drug-likeness (QED) is 0.152. The van der Waals surface area contributed by atoms with E-state index in [1.165, 1.54) is 84.3 Å². The largest absolute Gasteiger partial charge is 0.309 e. The van der Waals surface area contributed by atoms with E-state index in [0.717, 1.165) is 90.7 Å². The van der Waals surface area contributed by atoms with Gasteiger partial charge in [-0.25, -0.2) is 15.0 Å². The zero-order chi connectivity index (χ0) is 58.3. The standard InChI is InChI=1S/C81H50N6S2/c1-3-19-49(20-4-1)64-43-53(81-83-79(51-35-39-62-60-27-11-17-33-74(60)88-76(62)45-51)82-80(84-81)52-36-40-63-61-28-12-18-34-75(61)89-77(63)46-52)44-65(50-21-5-2-6-22-50)78(64)87-72-41-37-54(85-68-29-13-7-23-56(68)57-24-8-14-30-69(57)85)47-66(72)67-48-55(38-42-73(67)87)86-70-31-15-9-25-58(70)59-26-10-16-32-71(59)86/h1-17,19-33,35-48H,18,34H2. The second kappa shape index (κ2) is 19.8. The van der Waals surface area contributed by atoms with Crippen molar-refractivity contribution in [3.05, 3.63) is 283 Å². The molecule has 6 nitrogen and oxygen atoms in total. The minimum Gasteiger partial charge on any atom is -0.309 e. The molecule has 0 saturated heterocycles.